The van der Waals surface area contributed by atoms with Crippen molar-refractivity contribution in [3.8, 4) is 0 Å². The minimum atomic E-state index is -0.606. The Hall–Kier alpha value is -1.55. The molecule has 0 saturated heterocycles. The molecule has 0 aromatic heterocycles. The fourth-order valence-electron chi connectivity index (χ4n) is 1.02. The van der Waals surface area contributed by atoms with E-state index in [1.807, 2.05) is 0 Å². The molecule has 0 radical (unpaired) electrons. The molecule has 0 aliphatic heterocycles. The molecule has 0 unspecified atom stereocenters. The second-order valence-electron chi connectivity index (χ2n) is 2.74. The standard InChI is InChI=1S/C9H9ClN2O2/c1-5(13)12-8-4-6(10)2-3-7(8)9(11)14/h2-4H,1H3,(H2,11,14)(H,12,13). The number of anilines is 1. The summed E-state index contributed by atoms with van der Waals surface area (Å²) >= 11 is 5.70. The van der Waals surface area contributed by atoms with E-state index in [4.69, 9.17) is 17.3 Å². The average Bonchev–Trinajstić information content (AvgIpc) is 2.01. The Bertz CT molecular complexity index is 390. The maximum atomic E-state index is 10.9. The molecule has 0 heterocycles. The highest BCUT2D eigenvalue weighted by Crippen LogP contribution is 2.20. The largest absolute Gasteiger partial charge is 0.366 e. The van der Waals surface area contributed by atoms with Gasteiger partial charge in [0.25, 0.3) is 5.91 Å². The molecule has 1 aromatic carbocycles. The van der Waals surface area contributed by atoms with Gasteiger partial charge in [0.15, 0.2) is 0 Å². The van der Waals surface area contributed by atoms with Crippen molar-refractivity contribution >= 4 is 29.1 Å². The summed E-state index contributed by atoms with van der Waals surface area (Å²) in [6.07, 6.45) is 0. The number of nitrogens with one attached hydrogen (secondary N) is 1. The smallest absolute Gasteiger partial charge is 0.250 e. The molecule has 4 nitrogen and oxygen atoms in total. The lowest BCUT2D eigenvalue weighted by Gasteiger charge is -2.06. The second kappa shape index (κ2) is 4.11. The Morgan fingerprint density at radius 2 is 2.07 bits per heavy atom. The van der Waals surface area contributed by atoms with Crippen molar-refractivity contribution in [1.29, 1.82) is 0 Å². The molecule has 2 amide bonds. The highest BCUT2D eigenvalue weighted by atomic mass is 35.5. The molecule has 3 N–H and O–H groups in total. The van der Waals surface area contributed by atoms with Gasteiger partial charge < -0.3 is 11.1 Å². The van der Waals surface area contributed by atoms with Crippen LogP contribution in [0.4, 0.5) is 5.69 Å². The maximum absolute atomic E-state index is 10.9. The number of halogens is 1. The lowest BCUT2D eigenvalue weighted by molar-refractivity contribution is -0.114. The van der Waals surface area contributed by atoms with Gasteiger partial charge in [0.1, 0.15) is 0 Å². The third kappa shape index (κ3) is 2.47. The molecule has 0 saturated carbocycles. The second-order valence-corrected chi connectivity index (χ2v) is 3.17. The normalized spacial score (nSPS) is 9.57. The number of nitrogens with two attached hydrogens (primary N) is 1. The van der Waals surface area contributed by atoms with Crippen LogP contribution in [0.1, 0.15) is 17.3 Å². The van der Waals surface area contributed by atoms with Gasteiger partial charge in [0.2, 0.25) is 5.91 Å². The minimum Gasteiger partial charge on any atom is -0.366 e. The lowest BCUT2D eigenvalue weighted by atomic mass is 10.1. The van der Waals surface area contributed by atoms with Crippen molar-refractivity contribution in [2.45, 2.75) is 6.92 Å². The van der Waals surface area contributed by atoms with Gasteiger partial charge in [0.05, 0.1) is 11.3 Å². The van der Waals surface area contributed by atoms with Crippen LogP contribution < -0.4 is 11.1 Å². The van der Waals surface area contributed by atoms with Crippen molar-refractivity contribution in [1.82, 2.24) is 0 Å². The van der Waals surface area contributed by atoms with Gasteiger partial charge >= 0.3 is 0 Å². The first-order valence-electron chi connectivity index (χ1n) is 3.87. The van der Waals surface area contributed by atoms with Crippen LogP contribution in [-0.4, -0.2) is 11.8 Å². The third-order valence-electron chi connectivity index (χ3n) is 1.56. The fourth-order valence-corrected chi connectivity index (χ4v) is 1.20. The summed E-state index contributed by atoms with van der Waals surface area (Å²) in [5.74, 6) is -0.889. The summed E-state index contributed by atoms with van der Waals surface area (Å²) in [5, 5.41) is 2.90. The molecule has 0 aliphatic rings. The number of amides is 2. The summed E-state index contributed by atoms with van der Waals surface area (Å²) in [6.45, 7) is 1.34. The van der Waals surface area contributed by atoms with Gasteiger partial charge in [-0.3, -0.25) is 9.59 Å². The monoisotopic (exact) mass is 212 g/mol. The molecule has 0 aliphatic carbocycles. The predicted molar refractivity (Wildman–Crippen MR) is 54.3 cm³/mol. The zero-order valence-corrected chi connectivity index (χ0v) is 8.26. The third-order valence-corrected chi connectivity index (χ3v) is 1.79. The summed E-state index contributed by atoms with van der Waals surface area (Å²) in [7, 11) is 0. The van der Waals surface area contributed by atoms with Crippen molar-refractivity contribution < 1.29 is 9.59 Å². The quantitative estimate of drug-likeness (QED) is 0.778. The Labute approximate surface area is 86.0 Å². The highest BCUT2D eigenvalue weighted by molar-refractivity contribution is 6.31. The molecule has 14 heavy (non-hydrogen) atoms. The Morgan fingerprint density at radius 3 is 2.57 bits per heavy atom. The van der Waals surface area contributed by atoms with Crippen LogP contribution in [0.2, 0.25) is 5.02 Å². The predicted octanol–water partition coefficient (Wildman–Crippen LogP) is 1.40. The van der Waals surface area contributed by atoms with Gasteiger partial charge in [-0.05, 0) is 18.2 Å². The molecular formula is C9H9ClN2O2. The van der Waals surface area contributed by atoms with Crippen LogP contribution in [0.25, 0.3) is 0 Å². The number of hydrogen-bond donors (Lipinski definition) is 2. The summed E-state index contributed by atoms with van der Waals surface area (Å²) in [4.78, 5) is 21.7. The Kier molecular flexibility index (Phi) is 3.09. The first kappa shape index (κ1) is 10.5. The Balaban J connectivity index is 3.15. The number of benzene rings is 1. The summed E-state index contributed by atoms with van der Waals surface area (Å²) in [5.41, 5.74) is 5.68. The topological polar surface area (TPSA) is 72.2 Å². The zero-order valence-electron chi connectivity index (χ0n) is 7.50. The van der Waals surface area contributed by atoms with E-state index >= 15 is 0 Å². The van der Waals surface area contributed by atoms with Gasteiger partial charge in [-0.2, -0.15) is 0 Å². The van der Waals surface area contributed by atoms with Gasteiger partial charge in [-0.25, -0.2) is 0 Å². The molecule has 5 heteroatoms. The van der Waals surface area contributed by atoms with Gasteiger partial charge in [0, 0.05) is 11.9 Å². The van der Waals surface area contributed by atoms with E-state index < -0.39 is 5.91 Å². The highest BCUT2D eigenvalue weighted by Gasteiger charge is 2.09. The van der Waals surface area contributed by atoms with Crippen molar-refractivity contribution in [2.75, 3.05) is 5.32 Å². The van der Waals surface area contributed by atoms with Gasteiger partial charge in [-0.1, -0.05) is 11.6 Å². The number of carbonyl (C=O) groups excluding carboxylic acids is 2. The molecule has 0 bridgehead atoms. The van der Waals surface area contributed by atoms with E-state index in [2.05, 4.69) is 5.32 Å². The summed E-state index contributed by atoms with van der Waals surface area (Å²) in [6, 6.07) is 4.48. The van der Waals surface area contributed by atoms with E-state index in [1.165, 1.54) is 25.1 Å². The SMILES string of the molecule is CC(=O)Nc1cc(Cl)ccc1C(N)=O. The minimum absolute atomic E-state index is 0.240. The van der Waals surface area contributed by atoms with Crippen LogP contribution in [0.3, 0.4) is 0 Å². The van der Waals surface area contributed by atoms with E-state index in [-0.39, 0.29) is 11.5 Å². The average molecular weight is 213 g/mol. The van der Waals surface area contributed by atoms with E-state index in [9.17, 15) is 9.59 Å². The summed E-state index contributed by atoms with van der Waals surface area (Å²) < 4.78 is 0. The number of carbonyl (C=O) groups is 2. The molecular weight excluding hydrogens is 204 g/mol. The lowest BCUT2D eigenvalue weighted by Crippen LogP contribution is -2.16. The zero-order chi connectivity index (χ0) is 10.7. The van der Waals surface area contributed by atoms with Crippen LogP contribution in [0.15, 0.2) is 18.2 Å². The van der Waals surface area contributed by atoms with E-state index in [0.29, 0.717) is 10.7 Å². The van der Waals surface area contributed by atoms with Crippen molar-refractivity contribution in [3.05, 3.63) is 28.8 Å². The fraction of sp³-hybridized carbons (Fsp3) is 0.111. The first-order chi connectivity index (χ1) is 6.50. The molecule has 1 rings (SSSR count). The number of primary amides is 1. The molecule has 1 aromatic rings. The van der Waals surface area contributed by atoms with Gasteiger partial charge in [-0.15, -0.1) is 0 Å². The first-order valence-corrected chi connectivity index (χ1v) is 4.25. The molecule has 74 valence electrons. The maximum Gasteiger partial charge on any atom is 0.250 e. The van der Waals surface area contributed by atoms with Crippen molar-refractivity contribution in [2.24, 2.45) is 5.73 Å². The molecule has 0 spiro atoms. The van der Waals surface area contributed by atoms with Crippen LogP contribution in [0, 0.1) is 0 Å². The van der Waals surface area contributed by atoms with Crippen LogP contribution in [-0.2, 0) is 4.79 Å². The molecule has 0 fully saturated rings. The Morgan fingerprint density at radius 1 is 1.43 bits per heavy atom. The van der Waals surface area contributed by atoms with E-state index in [1.54, 1.807) is 0 Å². The van der Waals surface area contributed by atoms with E-state index in [0.717, 1.165) is 0 Å². The number of rotatable bonds is 2. The van der Waals surface area contributed by atoms with Crippen molar-refractivity contribution in [3.63, 3.8) is 0 Å². The molecule has 0 atom stereocenters. The number of hydrogen-bond acceptors (Lipinski definition) is 2. The van der Waals surface area contributed by atoms with Crippen LogP contribution in [0.5, 0.6) is 0 Å². The van der Waals surface area contributed by atoms with Crippen LogP contribution >= 0.6 is 11.6 Å².